The number of benzene rings is 1. The quantitative estimate of drug-likeness (QED) is 0.614. The second-order valence-electron chi connectivity index (χ2n) is 6.17. The highest BCUT2D eigenvalue weighted by atomic mass is 35.5. The van der Waals surface area contributed by atoms with E-state index in [4.69, 9.17) is 16.3 Å². The van der Waals surface area contributed by atoms with Gasteiger partial charge in [0, 0.05) is 28.6 Å². The maximum absolute atomic E-state index is 11.9. The highest BCUT2D eigenvalue weighted by molar-refractivity contribution is 7.14. The number of carboxylic acids is 1. The molecule has 1 aromatic heterocycles. The Labute approximate surface area is 160 Å². The zero-order valence-electron chi connectivity index (χ0n) is 14.2. The average Bonchev–Trinajstić information content (AvgIpc) is 2.98. The molecule has 0 fully saturated rings. The van der Waals surface area contributed by atoms with Crippen LogP contribution >= 0.6 is 22.9 Å². The Kier molecular flexibility index (Phi) is 5.46. The molecule has 1 aromatic carbocycles. The molecule has 136 valence electrons. The van der Waals surface area contributed by atoms with E-state index < -0.39 is 18.0 Å². The summed E-state index contributed by atoms with van der Waals surface area (Å²) in [5, 5.41) is 10.7. The topological polar surface area (TPSA) is 66.8 Å². The summed E-state index contributed by atoms with van der Waals surface area (Å²) in [6, 6.07) is 7.98. The van der Waals surface area contributed by atoms with Gasteiger partial charge in [0.15, 0.2) is 5.06 Å². The van der Waals surface area contributed by atoms with E-state index in [2.05, 4.69) is 6.58 Å². The van der Waals surface area contributed by atoms with Crippen molar-refractivity contribution in [3.63, 3.8) is 0 Å². The molecule has 26 heavy (non-hydrogen) atoms. The van der Waals surface area contributed by atoms with Gasteiger partial charge in [0.2, 0.25) is 0 Å². The standard InChI is InChI=1S/C19H18ClNO4S/c1-11(2)19(24)25-16-9-12-10-21(8-7-15(12)26-16)17(18(22)23)13-5-3-4-6-14(13)20/h3-6,9,17H,1,7-8,10H2,2H3,(H,22,23). The minimum Gasteiger partial charge on any atom is -0.480 e. The molecule has 7 heteroatoms. The van der Waals surface area contributed by atoms with Crippen molar-refractivity contribution < 1.29 is 19.4 Å². The van der Waals surface area contributed by atoms with Gasteiger partial charge in [0.05, 0.1) is 0 Å². The SMILES string of the molecule is C=C(C)C(=O)Oc1cc2c(s1)CCN(C(C(=O)O)c1ccccc1Cl)C2. The maximum atomic E-state index is 11.9. The third-order valence-corrected chi connectivity index (χ3v) is 5.67. The van der Waals surface area contributed by atoms with E-state index >= 15 is 0 Å². The molecule has 1 aliphatic heterocycles. The van der Waals surface area contributed by atoms with Gasteiger partial charge in [-0.15, -0.1) is 11.3 Å². The van der Waals surface area contributed by atoms with E-state index in [0.717, 1.165) is 10.4 Å². The van der Waals surface area contributed by atoms with Gasteiger partial charge in [0.1, 0.15) is 6.04 Å². The van der Waals surface area contributed by atoms with Crippen LogP contribution in [0.4, 0.5) is 0 Å². The van der Waals surface area contributed by atoms with Crippen LogP contribution in [0.5, 0.6) is 5.06 Å². The lowest BCUT2D eigenvalue weighted by atomic mass is 10.0. The smallest absolute Gasteiger partial charge is 0.339 e. The summed E-state index contributed by atoms with van der Waals surface area (Å²) < 4.78 is 5.30. The van der Waals surface area contributed by atoms with Gasteiger partial charge in [-0.1, -0.05) is 36.4 Å². The lowest BCUT2D eigenvalue weighted by molar-refractivity contribution is -0.144. The molecule has 1 atom stereocenters. The summed E-state index contributed by atoms with van der Waals surface area (Å²) >= 11 is 7.64. The van der Waals surface area contributed by atoms with Gasteiger partial charge in [-0.3, -0.25) is 9.69 Å². The average molecular weight is 392 g/mol. The molecule has 0 aliphatic carbocycles. The molecule has 5 nitrogen and oxygen atoms in total. The summed E-state index contributed by atoms with van der Waals surface area (Å²) in [6.45, 7) is 6.21. The van der Waals surface area contributed by atoms with Crippen LogP contribution < -0.4 is 4.74 Å². The van der Waals surface area contributed by atoms with E-state index in [1.807, 2.05) is 4.90 Å². The fourth-order valence-corrected chi connectivity index (χ4v) is 4.21. The molecule has 0 amide bonds. The van der Waals surface area contributed by atoms with Gasteiger partial charge >= 0.3 is 11.9 Å². The van der Waals surface area contributed by atoms with Gasteiger partial charge < -0.3 is 9.84 Å². The predicted octanol–water partition coefficient (Wildman–Crippen LogP) is 4.07. The number of ether oxygens (including phenoxy) is 1. The van der Waals surface area contributed by atoms with Crippen LogP contribution in [0.15, 0.2) is 42.5 Å². The fourth-order valence-electron chi connectivity index (χ4n) is 2.96. The number of esters is 1. The van der Waals surface area contributed by atoms with E-state index in [0.29, 0.717) is 40.7 Å². The van der Waals surface area contributed by atoms with E-state index in [1.165, 1.54) is 11.3 Å². The van der Waals surface area contributed by atoms with Crippen molar-refractivity contribution in [2.75, 3.05) is 6.54 Å². The van der Waals surface area contributed by atoms with Crippen LogP contribution in [0, 0.1) is 0 Å². The fraction of sp³-hybridized carbons (Fsp3) is 0.263. The first-order valence-corrected chi connectivity index (χ1v) is 9.27. The number of hydrogen-bond donors (Lipinski definition) is 1. The molecule has 0 spiro atoms. The zero-order valence-corrected chi connectivity index (χ0v) is 15.8. The monoisotopic (exact) mass is 391 g/mol. The van der Waals surface area contributed by atoms with E-state index in [1.54, 1.807) is 37.3 Å². The first kappa shape index (κ1) is 18.6. The Morgan fingerprint density at radius 3 is 2.77 bits per heavy atom. The minimum absolute atomic E-state index is 0.336. The number of carbonyl (C=O) groups is 2. The highest BCUT2D eigenvalue weighted by Crippen LogP contribution is 2.37. The van der Waals surface area contributed by atoms with Crippen molar-refractivity contribution in [3.05, 3.63) is 63.5 Å². The normalized spacial score (nSPS) is 15.2. The summed E-state index contributed by atoms with van der Waals surface area (Å²) in [6.07, 6.45) is 0.693. The first-order valence-electron chi connectivity index (χ1n) is 8.07. The number of thiophene rings is 1. The maximum Gasteiger partial charge on any atom is 0.339 e. The van der Waals surface area contributed by atoms with Crippen LogP contribution in [0.3, 0.4) is 0 Å². The minimum atomic E-state index is -0.939. The van der Waals surface area contributed by atoms with Gasteiger partial charge in [-0.05, 0) is 36.6 Å². The molecule has 0 bridgehead atoms. The molecule has 1 N–H and O–H groups in total. The number of aliphatic carboxylic acids is 1. The summed E-state index contributed by atoms with van der Waals surface area (Å²) in [5.41, 5.74) is 1.89. The van der Waals surface area contributed by atoms with Crippen molar-refractivity contribution in [1.82, 2.24) is 4.90 Å². The van der Waals surface area contributed by atoms with Crippen LogP contribution in [-0.4, -0.2) is 28.5 Å². The van der Waals surface area contributed by atoms with Crippen LogP contribution in [-0.2, 0) is 22.6 Å². The highest BCUT2D eigenvalue weighted by Gasteiger charge is 2.32. The van der Waals surface area contributed by atoms with Crippen LogP contribution in [0.1, 0.15) is 29.0 Å². The third-order valence-electron chi connectivity index (χ3n) is 4.21. The Balaban J connectivity index is 1.83. The molecular weight excluding hydrogens is 374 g/mol. The van der Waals surface area contributed by atoms with Crippen molar-refractivity contribution >= 4 is 34.9 Å². The van der Waals surface area contributed by atoms with Crippen molar-refractivity contribution in [2.24, 2.45) is 0 Å². The largest absolute Gasteiger partial charge is 0.480 e. The van der Waals surface area contributed by atoms with Gasteiger partial charge in [-0.2, -0.15) is 0 Å². The van der Waals surface area contributed by atoms with Crippen molar-refractivity contribution in [1.29, 1.82) is 0 Å². The molecule has 0 radical (unpaired) electrons. The van der Waals surface area contributed by atoms with E-state index in [9.17, 15) is 14.7 Å². The Morgan fingerprint density at radius 2 is 2.12 bits per heavy atom. The number of halogens is 1. The number of carboxylic acid groups (broad SMARTS) is 1. The second-order valence-corrected chi connectivity index (χ2v) is 7.67. The molecule has 2 aromatic rings. The first-order chi connectivity index (χ1) is 12.4. The Hall–Kier alpha value is -2.15. The number of hydrogen-bond acceptors (Lipinski definition) is 5. The number of fused-ring (bicyclic) bond motifs is 1. The lowest BCUT2D eigenvalue weighted by Gasteiger charge is -2.32. The van der Waals surface area contributed by atoms with Gasteiger partial charge in [0.25, 0.3) is 0 Å². The summed E-state index contributed by atoms with van der Waals surface area (Å²) in [7, 11) is 0. The third kappa shape index (κ3) is 3.82. The van der Waals surface area contributed by atoms with Crippen LogP contribution in [0.25, 0.3) is 0 Å². The Morgan fingerprint density at radius 1 is 1.38 bits per heavy atom. The van der Waals surface area contributed by atoms with Crippen LogP contribution in [0.2, 0.25) is 5.02 Å². The summed E-state index contributed by atoms with van der Waals surface area (Å²) in [5.74, 6) is -1.40. The van der Waals surface area contributed by atoms with E-state index in [-0.39, 0.29) is 0 Å². The predicted molar refractivity (Wildman–Crippen MR) is 101 cm³/mol. The zero-order chi connectivity index (χ0) is 18.8. The van der Waals surface area contributed by atoms with Gasteiger partial charge in [-0.25, -0.2) is 4.79 Å². The Bertz CT molecular complexity index is 876. The number of carbonyl (C=O) groups excluding carboxylic acids is 1. The molecular formula is C19H18ClNO4S. The molecule has 1 aliphatic rings. The number of nitrogens with zero attached hydrogens (tertiary/aromatic N) is 1. The molecule has 0 saturated heterocycles. The molecule has 3 rings (SSSR count). The lowest BCUT2D eigenvalue weighted by Crippen LogP contribution is -2.37. The molecule has 2 heterocycles. The summed E-state index contributed by atoms with van der Waals surface area (Å²) in [4.78, 5) is 26.6. The molecule has 0 saturated carbocycles. The molecule has 1 unspecified atom stereocenters. The van der Waals surface area contributed by atoms with Crippen molar-refractivity contribution in [3.8, 4) is 5.06 Å². The number of rotatable bonds is 5. The van der Waals surface area contributed by atoms with Crippen molar-refractivity contribution in [2.45, 2.75) is 25.9 Å². The second kappa shape index (κ2) is 7.61.